The van der Waals surface area contributed by atoms with Crippen LogP contribution in [0.5, 0.6) is 0 Å². The van der Waals surface area contributed by atoms with Gasteiger partial charge >= 0.3 is 11.9 Å². The molecule has 1 unspecified atom stereocenters. The first-order chi connectivity index (χ1) is 34.6. The average Bonchev–Trinajstić information content (AvgIpc) is 3.36. The molecule has 0 heterocycles. The minimum Gasteiger partial charge on any atom is -0.462 e. The van der Waals surface area contributed by atoms with Crippen LogP contribution in [0.4, 0.5) is 0 Å². The molecule has 398 valence electrons. The summed E-state index contributed by atoms with van der Waals surface area (Å²) in [6, 6.07) is 0. The number of hydrogen-bond acceptors (Lipinski definition) is 5. The smallest absolute Gasteiger partial charge is 0.306 e. The van der Waals surface area contributed by atoms with Gasteiger partial charge in [-0.3, -0.25) is 9.59 Å². The Hall–Kier alpha value is -3.70. The molecular weight excluding hydrogens is 861 g/mol. The molecule has 0 rings (SSSR count). The van der Waals surface area contributed by atoms with Crippen molar-refractivity contribution in [2.24, 2.45) is 0 Å². The van der Waals surface area contributed by atoms with Gasteiger partial charge in [0.2, 0.25) is 0 Å². The van der Waals surface area contributed by atoms with Gasteiger partial charge in [0.1, 0.15) is 6.61 Å². The van der Waals surface area contributed by atoms with Crippen LogP contribution in [0.1, 0.15) is 252 Å². The molecule has 0 bridgehead atoms. The van der Waals surface area contributed by atoms with Crippen LogP contribution in [0, 0.1) is 0 Å². The minimum absolute atomic E-state index is 0.0597. The number of allylic oxidation sites excluding steroid dienone is 20. The molecular formula is C65H108O5. The van der Waals surface area contributed by atoms with Gasteiger partial charge in [0.05, 0.1) is 6.61 Å². The van der Waals surface area contributed by atoms with Crippen LogP contribution in [-0.4, -0.2) is 37.9 Å². The number of ether oxygens (including phenoxy) is 3. The van der Waals surface area contributed by atoms with Crippen LogP contribution < -0.4 is 0 Å². The maximum absolute atomic E-state index is 12.9. The standard InChI is InChI=1S/C65H108O5/c1-4-7-10-13-16-19-22-25-28-31-33-35-37-40-43-46-49-52-55-58-64(66)69-62-63(61-68-60-57-54-51-48-45-42-39-30-27-24-21-18-15-12-9-6-3)70-65(67)59-56-53-50-47-44-41-38-36-34-32-29-26-23-20-17-14-11-8-5-2/h7,9-10,12,16-21,25-30,33-36,63H,4-6,8,11,13-15,22-24,31-32,37-62H2,1-3H3/b10-7-,12-9-,19-16-,20-17-,21-18-,28-25-,29-26-,30-27-,35-33-,36-34-. The molecule has 0 spiro atoms. The average molecular weight is 970 g/mol. The highest BCUT2D eigenvalue weighted by molar-refractivity contribution is 5.70. The number of rotatable bonds is 52. The van der Waals surface area contributed by atoms with E-state index in [2.05, 4.69) is 142 Å². The Balaban J connectivity index is 4.38. The molecule has 5 heteroatoms. The fourth-order valence-corrected chi connectivity index (χ4v) is 7.70. The molecule has 0 fully saturated rings. The SMILES string of the molecule is CC/C=C\C/C=C\C/C=C\C/C=C\CCCCCCCCC(=O)OCC(COCCCCCCCC/C=C\C/C=C\C/C=C\CC)OC(=O)CCCCCCCC/C=C\C/C=C\C/C=C\CCCCC. The number of carbonyl (C=O) groups is 2. The van der Waals surface area contributed by atoms with Gasteiger partial charge in [-0.1, -0.05) is 232 Å². The maximum atomic E-state index is 12.9. The lowest BCUT2D eigenvalue weighted by Gasteiger charge is -2.18. The summed E-state index contributed by atoms with van der Waals surface area (Å²) < 4.78 is 17.5. The number of carbonyl (C=O) groups excluding carboxylic acids is 2. The van der Waals surface area contributed by atoms with Crippen molar-refractivity contribution < 1.29 is 23.8 Å². The molecule has 0 N–H and O–H groups in total. The summed E-state index contributed by atoms with van der Waals surface area (Å²) in [5.41, 5.74) is 0. The Morgan fingerprint density at radius 1 is 0.329 bits per heavy atom. The summed E-state index contributed by atoms with van der Waals surface area (Å²) in [5, 5.41) is 0. The highest BCUT2D eigenvalue weighted by atomic mass is 16.6. The molecule has 70 heavy (non-hydrogen) atoms. The Kier molecular flexibility index (Phi) is 56.5. The Bertz CT molecular complexity index is 1420. The normalized spacial score (nSPS) is 13.1. The van der Waals surface area contributed by atoms with Gasteiger partial charge in [0.25, 0.3) is 0 Å². The Morgan fingerprint density at radius 2 is 0.643 bits per heavy atom. The fourth-order valence-electron chi connectivity index (χ4n) is 7.70. The lowest BCUT2D eigenvalue weighted by atomic mass is 10.1. The van der Waals surface area contributed by atoms with Crippen LogP contribution in [0.25, 0.3) is 0 Å². The van der Waals surface area contributed by atoms with Crippen molar-refractivity contribution in [2.45, 2.75) is 258 Å². The van der Waals surface area contributed by atoms with Gasteiger partial charge in [-0.05, 0) is 128 Å². The molecule has 0 amide bonds. The minimum atomic E-state index is -0.566. The lowest BCUT2D eigenvalue weighted by molar-refractivity contribution is -0.163. The summed E-state index contributed by atoms with van der Waals surface area (Å²) in [7, 11) is 0. The molecule has 5 nitrogen and oxygen atoms in total. The molecule has 0 aromatic carbocycles. The third-order valence-corrected chi connectivity index (χ3v) is 12.0. The van der Waals surface area contributed by atoms with Gasteiger partial charge in [0.15, 0.2) is 6.10 Å². The van der Waals surface area contributed by atoms with Crippen molar-refractivity contribution in [3.05, 3.63) is 122 Å². The second-order valence-electron chi connectivity index (χ2n) is 18.8. The van der Waals surface area contributed by atoms with E-state index in [1.807, 2.05) is 0 Å². The zero-order valence-electron chi connectivity index (χ0n) is 45.7. The van der Waals surface area contributed by atoms with Gasteiger partial charge in [-0.15, -0.1) is 0 Å². The molecule has 1 atom stereocenters. The van der Waals surface area contributed by atoms with Gasteiger partial charge < -0.3 is 14.2 Å². The zero-order valence-corrected chi connectivity index (χ0v) is 45.7. The second kappa shape index (κ2) is 59.6. The summed E-state index contributed by atoms with van der Waals surface area (Å²) in [6.45, 7) is 7.52. The van der Waals surface area contributed by atoms with E-state index in [4.69, 9.17) is 14.2 Å². The molecule has 0 aromatic heterocycles. The predicted molar refractivity (Wildman–Crippen MR) is 306 cm³/mol. The summed E-state index contributed by atoms with van der Waals surface area (Å²) >= 11 is 0. The van der Waals surface area contributed by atoms with E-state index in [9.17, 15) is 9.59 Å². The van der Waals surface area contributed by atoms with Crippen molar-refractivity contribution in [1.82, 2.24) is 0 Å². The molecule has 0 aliphatic heterocycles. The maximum Gasteiger partial charge on any atom is 0.306 e. The third kappa shape index (κ3) is 56.9. The Morgan fingerprint density at radius 3 is 1.03 bits per heavy atom. The molecule has 0 aliphatic rings. The molecule has 0 aromatic rings. The van der Waals surface area contributed by atoms with Crippen molar-refractivity contribution >= 4 is 11.9 Å². The van der Waals surface area contributed by atoms with Crippen LogP contribution in [0.15, 0.2) is 122 Å². The van der Waals surface area contributed by atoms with E-state index in [-0.39, 0.29) is 25.2 Å². The number of hydrogen-bond donors (Lipinski definition) is 0. The largest absolute Gasteiger partial charge is 0.462 e. The van der Waals surface area contributed by atoms with E-state index in [0.29, 0.717) is 19.4 Å². The molecule has 0 saturated heterocycles. The molecule has 0 aliphatic carbocycles. The monoisotopic (exact) mass is 969 g/mol. The van der Waals surface area contributed by atoms with Crippen molar-refractivity contribution in [3.63, 3.8) is 0 Å². The quantitative estimate of drug-likeness (QED) is 0.0345. The van der Waals surface area contributed by atoms with E-state index < -0.39 is 6.10 Å². The highest BCUT2D eigenvalue weighted by Gasteiger charge is 2.17. The van der Waals surface area contributed by atoms with E-state index in [0.717, 1.165) is 128 Å². The van der Waals surface area contributed by atoms with Crippen molar-refractivity contribution in [3.8, 4) is 0 Å². The topological polar surface area (TPSA) is 61.8 Å². The van der Waals surface area contributed by atoms with Gasteiger partial charge in [-0.25, -0.2) is 0 Å². The van der Waals surface area contributed by atoms with Crippen molar-refractivity contribution in [1.29, 1.82) is 0 Å². The van der Waals surface area contributed by atoms with Crippen LogP contribution in [0.3, 0.4) is 0 Å². The highest BCUT2D eigenvalue weighted by Crippen LogP contribution is 2.14. The lowest BCUT2D eigenvalue weighted by Crippen LogP contribution is -2.30. The first-order valence-electron chi connectivity index (χ1n) is 29.1. The van der Waals surface area contributed by atoms with E-state index in [1.54, 1.807) is 0 Å². The van der Waals surface area contributed by atoms with Crippen LogP contribution in [0.2, 0.25) is 0 Å². The zero-order chi connectivity index (χ0) is 50.6. The van der Waals surface area contributed by atoms with Gasteiger partial charge in [0, 0.05) is 19.4 Å². The third-order valence-electron chi connectivity index (χ3n) is 12.0. The first kappa shape index (κ1) is 66.3. The predicted octanol–water partition coefficient (Wildman–Crippen LogP) is 20.1. The first-order valence-corrected chi connectivity index (χ1v) is 29.1. The Labute approximate surface area is 433 Å². The van der Waals surface area contributed by atoms with Crippen LogP contribution in [-0.2, 0) is 23.8 Å². The van der Waals surface area contributed by atoms with Crippen LogP contribution >= 0.6 is 0 Å². The van der Waals surface area contributed by atoms with Gasteiger partial charge in [-0.2, -0.15) is 0 Å². The summed E-state index contributed by atoms with van der Waals surface area (Å²) in [5.74, 6) is -0.438. The fraction of sp³-hybridized carbons (Fsp3) is 0.662. The van der Waals surface area contributed by atoms with E-state index >= 15 is 0 Å². The summed E-state index contributed by atoms with van der Waals surface area (Å²) in [6.07, 6.45) is 83.6. The molecule has 0 radical (unpaired) electrons. The van der Waals surface area contributed by atoms with Crippen molar-refractivity contribution in [2.75, 3.05) is 19.8 Å². The second-order valence-corrected chi connectivity index (χ2v) is 18.8. The summed E-state index contributed by atoms with van der Waals surface area (Å²) in [4.78, 5) is 25.6. The number of esters is 2. The van der Waals surface area contributed by atoms with E-state index in [1.165, 1.54) is 89.9 Å². The molecule has 0 saturated carbocycles. The number of unbranched alkanes of at least 4 members (excludes halogenated alkanes) is 21.